The van der Waals surface area contributed by atoms with Gasteiger partial charge in [0.15, 0.2) is 0 Å². The fraction of sp³-hybridized carbons (Fsp3) is 0.789. The highest BCUT2D eigenvalue weighted by molar-refractivity contribution is 5.29. The number of hydrogen-bond donors (Lipinski definition) is 1. The van der Waals surface area contributed by atoms with Gasteiger partial charge in [-0.05, 0) is 55.9 Å². The number of aryl methyl sites for hydroxylation is 1. The quantitative estimate of drug-likeness (QED) is 0.827. The van der Waals surface area contributed by atoms with Crippen LogP contribution in [0.2, 0.25) is 0 Å². The Morgan fingerprint density at radius 1 is 1.19 bits per heavy atom. The van der Waals surface area contributed by atoms with Crippen LogP contribution in [0.1, 0.15) is 76.5 Å². The van der Waals surface area contributed by atoms with E-state index in [0.717, 1.165) is 24.0 Å². The molecule has 21 heavy (non-hydrogen) atoms. The van der Waals surface area contributed by atoms with Gasteiger partial charge < -0.3 is 9.73 Å². The van der Waals surface area contributed by atoms with Crippen molar-refractivity contribution in [3.8, 4) is 0 Å². The molecule has 3 rings (SSSR count). The van der Waals surface area contributed by atoms with E-state index >= 15 is 0 Å². The minimum absolute atomic E-state index is 0.336. The van der Waals surface area contributed by atoms with Gasteiger partial charge in [-0.1, -0.05) is 27.7 Å². The third-order valence-corrected chi connectivity index (χ3v) is 5.77. The molecule has 1 aromatic rings. The zero-order valence-electron chi connectivity index (χ0n) is 14.3. The number of rotatable bonds is 2. The Morgan fingerprint density at radius 3 is 2.67 bits per heavy atom. The van der Waals surface area contributed by atoms with Gasteiger partial charge in [-0.15, -0.1) is 0 Å². The molecule has 0 bridgehead atoms. The molecule has 0 saturated heterocycles. The van der Waals surface area contributed by atoms with E-state index in [2.05, 4.69) is 46.0 Å². The van der Waals surface area contributed by atoms with Crippen molar-refractivity contribution in [3.63, 3.8) is 0 Å². The summed E-state index contributed by atoms with van der Waals surface area (Å²) in [5.41, 5.74) is 1.76. The Labute approximate surface area is 129 Å². The highest BCUT2D eigenvalue weighted by Gasteiger charge is 2.36. The minimum atomic E-state index is 0.336. The van der Waals surface area contributed by atoms with Crippen molar-refractivity contribution in [2.75, 3.05) is 0 Å². The Balaban J connectivity index is 1.75. The Morgan fingerprint density at radius 2 is 1.95 bits per heavy atom. The van der Waals surface area contributed by atoms with Crippen LogP contribution >= 0.6 is 0 Å². The summed E-state index contributed by atoms with van der Waals surface area (Å²) in [7, 11) is 0. The summed E-state index contributed by atoms with van der Waals surface area (Å²) < 4.78 is 5.96. The molecular formula is C19H31NO. The molecule has 0 aliphatic heterocycles. The van der Waals surface area contributed by atoms with E-state index in [0.29, 0.717) is 17.5 Å². The van der Waals surface area contributed by atoms with Crippen molar-refractivity contribution in [2.24, 2.45) is 17.3 Å². The lowest BCUT2D eigenvalue weighted by atomic mass is 9.73. The first-order chi connectivity index (χ1) is 9.84. The Kier molecular flexibility index (Phi) is 3.94. The minimum Gasteiger partial charge on any atom is -0.466 e. The maximum absolute atomic E-state index is 5.96. The molecule has 2 aliphatic carbocycles. The smallest absolute Gasteiger partial charge is 0.109 e. The first-order valence-electron chi connectivity index (χ1n) is 8.69. The first kappa shape index (κ1) is 15.1. The molecule has 2 aliphatic rings. The van der Waals surface area contributed by atoms with Crippen LogP contribution in [0, 0.1) is 24.2 Å². The maximum Gasteiger partial charge on any atom is 0.109 e. The van der Waals surface area contributed by atoms with E-state index in [1.54, 1.807) is 0 Å². The predicted molar refractivity (Wildman–Crippen MR) is 87.4 cm³/mol. The molecule has 2 heteroatoms. The van der Waals surface area contributed by atoms with Gasteiger partial charge in [-0.2, -0.15) is 0 Å². The molecule has 1 saturated carbocycles. The van der Waals surface area contributed by atoms with Crippen molar-refractivity contribution in [1.29, 1.82) is 0 Å². The molecule has 1 N–H and O–H groups in total. The first-order valence-corrected chi connectivity index (χ1v) is 8.69. The molecule has 1 aromatic heterocycles. The molecule has 2 nitrogen and oxygen atoms in total. The van der Waals surface area contributed by atoms with Gasteiger partial charge in [0.1, 0.15) is 11.5 Å². The largest absolute Gasteiger partial charge is 0.466 e. The van der Waals surface area contributed by atoms with Gasteiger partial charge in [0.05, 0.1) is 0 Å². The van der Waals surface area contributed by atoms with Crippen molar-refractivity contribution in [2.45, 2.75) is 78.8 Å². The molecular weight excluding hydrogens is 258 g/mol. The summed E-state index contributed by atoms with van der Waals surface area (Å²) in [5.74, 6) is 4.02. The number of nitrogens with one attached hydrogen (secondary N) is 1. The van der Waals surface area contributed by atoms with Crippen LogP contribution in [0.25, 0.3) is 0 Å². The average Bonchev–Trinajstić information content (AvgIpc) is 2.73. The summed E-state index contributed by atoms with van der Waals surface area (Å²) in [6.07, 6.45) is 6.32. The summed E-state index contributed by atoms with van der Waals surface area (Å²) in [6, 6.07) is 3.42. The summed E-state index contributed by atoms with van der Waals surface area (Å²) in [4.78, 5) is 0. The lowest BCUT2D eigenvalue weighted by molar-refractivity contribution is 0.180. The summed E-state index contributed by atoms with van der Waals surface area (Å²) in [6.45, 7) is 11.6. The zero-order chi connectivity index (χ0) is 15.2. The maximum atomic E-state index is 5.96. The lowest BCUT2D eigenvalue weighted by Gasteiger charge is -2.39. The molecule has 4 unspecified atom stereocenters. The average molecular weight is 289 g/mol. The van der Waals surface area contributed by atoms with Gasteiger partial charge in [0.2, 0.25) is 0 Å². The number of hydrogen-bond acceptors (Lipinski definition) is 2. The predicted octanol–water partition coefficient (Wildman–Crippen LogP) is 5.02. The summed E-state index contributed by atoms with van der Waals surface area (Å²) >= 11 is 0. The van der Waals surface area contributed by atoms with Crippen LogP contribution in [-0.4, -0.2) is 6.04 Å². The van der Waals surface area contributed by atoms with E-state index in [4.69, 9.17) is 4.42 Å². The highest BCUT2D eigenvalue weighted by atomic mass is 16.3. The molecule has 1 heterocycles. The molecule has 0 spiro atoms. The van der Waals surface area contributed by atoms with Gasteiger partial charge in [-0.25, -0.2) is 0 Å². The standard InChI is InChI=1S/C19H31NO/c1-12-6-7-15(8-13(12)2)20-17-10-19(4,5)11-18-16(17)9-14(3)21-18/h9,12-13,15,17,20H,6-8,10-11H2,1-5H3. The van der Waals surface area contributed by atoms with Crippen molar-refractivity contribution >= 4 is 0 Å². The van der Waals surface area contributed by atoms with Crippen LogP contribution in [0.4, 0.5) is 0 Å². The second kappa shape index (κ2) is 5.46. The Hall–Kier alpha value is -0.760. The van der Waals surface area contributed by atoms with Crippen LogP contribution < -0.4 is 5.32 Å². The summed E-state index contributed by atoms with van der Waals surface area (Å²) in [5, 5.41) is 3.97. The SMILES string of the molecule is Cc1cc2c(o1)CC(C)(C)CC2NC1CCC(C)C(C)C1. The van der Waals surface area contributed by atoms with Crippen LogP contribution in [0.15, 0.2) is 10.5 Å². The number of fused-ring (bicyclic) bond motifs is 1. The van der Waals surface area contributed by atoms with E-state index in [-0.39, 0.29) is 0 Å². The van der Waals surface area contributed by atoms with Gasteiger partial charge in [0.25, 0.3) is 0 Å². The third-order valence-electron chi connectivity index (χ3n) is 5.77. The molecule has 1 fully saturated rings. The highest BCUT2D eigenvalue weighted by Crippen LogP contribution is 2.43. The van der Waals surface area contributed by atoms with E-state index < -0.39 is 0 Å². The van der Waals surface area contributed by atoms with E-state index in [1.807, 2.05) is 0 Å². The van der Waals surface area contributed by atoms with Crippen LogP contribution in [0.3, 0.4) is 0 Å². The second-order valence-electron chi connectivity index (χ2n) is 8.46. The third kappa shape index (κ3) is 3.21. The van der Waals surface area contributed by atoms with Crippen molar-refractivity contribution in [3.05, 3.63) is 23.2 Å². The molecule has 0 radical (unpaired) electrons. The normalized spacial score (nSPS) is 35.5. The molecule has 4 atom stereocenters. The van der Waals surface area contributed by atoms with Crippen LogP contribution in [0.5, 0.6) is 0 Å². The van der Waals surface area contributed by atoms with E-state index in [1.165, 1.54) is 37.0 Å². The molecule has 118 valence electrons. The zero-order valence-corrected chi connectivity index (χ0v) is 14.3. The van der Waals surface area contributed by atoms with Crippen molar-refractivity contribution in [1.82, 2.24) is 5.32 Å². The lowest BCUT2D eigenvalue weighted by Crippen LogP contribution is -2.41. The van der Waals surface area contributed by atoms with Gasteiger partial charge in [0, 0.05) is 24.1 Å². The molecule has 0 amide bonds. The van der Waals surface area contributed by atoms with Gasteiger partial charge >= 0.3 is 0 Å². The molecule has 0 aromatic carbocycles. The number of furan rings is 1. The topological polar surface area (TPSA) is 25.2 Å². The van der Waals surface area contributed by atoms with Crippen molar-refractivity contribution < 1.29 is 4.42 Å². The monoisotopic (exact) mass is 289 g/mol. The van der Waals surface area contributed by atoms with Crippen LogP contribution in [-0.2, 0) is 6.42 Å². The fourth-order valence-electron chi connectivity index (χ4n) is 4.32. The van der Waals surface area contributed by atoms with E-state index in [9.17, 15) is 0 Å². The Bertz CT molecular complexity index is 502. The van der Waals surface area contributed by atoms with Gasteiger partial charge in [-0.3, -0.25) is 0 Å². The second-order valence-corrected chi connectivity index (χ2v) is 8.46. The fourth-order valence-corrected chi connectivity index (χ4v) is 4.32.